The van der Waals surface area contributed by atoms with Crippen LogP contribution in [0.2, 0.25) is 0 Å². The first-order valence-corrected chi connectivity index (χ1v) is 2.46. The van der Waals surface area contributed by atoms with Gasteiger partial charge in [-0.1, -0.05) is 0 Å². The molecule has 0 spiro atoms. The second-order valence-electron chi connectivity index (χ2n) is 0. The monoisotopic (exact) mass is 494 g/mol. The summed E-state index contributed by atoms with van der Waals surface area (Å²) >= 11 is 0. The van der Waals surface area contributed by atoms with Crippen LogP contribution < -0.4 is 0 Å². The van der Waals surface area contributed by atoms with Crippen LogP contribution in [0.1, 0.15) is 0 Å². The van der Waals surface area contributed by atoms with E-state index in [1.807, 2.05) is 0 Å². The Morgan fingerprint density at radius 1 is 0.240 bits per heavy atom. The molecule has 0 aliphatic carbocycles. The van der Waals surface area contributed by atoms with Gasteiger partial charge in [0.05, 0.1) is 0 Å². The molecule has 0 aromatic rings. The van der Waals surface area contributed by atoms with Gasteiger partial charge in [0.1, 0.15) is 0 Å². The van der Waals surface area contributed by atoms with Gasteiger partial charge in [-0.3, -0.25) is 0 Å². The molecular weight excluding hydrogens is 493 g/mol. The number of nitrogens with zero attached hydrogens (tertiary/aromatic N) is 11. The summed E-state index contributed by atoms with van der Waals surface area (Å²) in [5.74, 6) is 0. The van der Waals surface area contributed by atoms with Crippen molar-refractivity contribution in [2.24, 2.45) is 0 Å². The van der Waals surface area contributed by atoms with E-state index in [-0.39, 0.29) is 54.9 Å². The maximum atomic E-state index is 6.25. The number of rotatable bonds is 0. The Hall–Kier alpha value is -3.90. The SMILES string of the molecule is [C-]#N.[C-]#N.[C-]#N.[C-]#N.[C-]#N.[C-]#N.[C-]#N.[C-]#N.[C-]#N.[C-]#N.[C-]#N.[Cr+3].[Mo].[Ni+2]. The van der Waals surface area contributed by atoms with Gasteiger partial charge in [-0.15, -0.1) is 0 Å². The summed E-state index contributed by atoms with van der Waals surface area (Å²) < 4.78 is 0. The molecule has 1 radical (unpaired) electrons. The molecule has 127 valence electrons. The van der Waals surface area contributed by atoms with Gasteiger partial charge in [-0.05, 0) is 0 Å². The maximum Gasteiger partial charge on any atom is 3.00 e. The molecule has 0 bridgehead atoms. The van der Waals surface area contributed by atoms with E-state index >= 15 is 0 Å². The second kappa shape index (κ2) is 483. The zero-order valence-electron chi connectivity index (χ0n) is 11.6. The van der Waals surface area contributed by atoms with Gasteiger partial charge in [-0.2, -0.15) is 0 Å². The smallest absolute Gasteiger partial charge is 0.512 e. The van der Waals surface area contributed by atoms with E-state index in [1.165, 1.54) is 0 Å². The summed E-state index contributed by atoms with van der Waals surface area (Å²) in [4.78, 5) is 0. The molecule has 11 nitrogen and oxygen atoms in total. The quantitative estimate of drug-likeness (QED) is 0.340. The van der Waals surface area contributed by atoms with Crippen molar-refractivity contribution in [3.8, 4) is 0 Å². The summed E-state index contributed by atoms with van der Waals surface area (Å²) in [6.07, 6.45) is 0. The minimum absolute atomic E-state index is 0. The van der Waals surface area contributed by atoms with Crippen molar-refractivity contribution in [3.05, 3.63) is 72.3 Å². The van der Waals surface area contributed by atoms with Crippen LogP contribution in [0.15, 0.2) is 0 Å². The molecule has 0 aromatic carbocycles. The minimum Gasteiger partial charge on any atom is -0.512 e. The minimum atomic E-state index is 0. The number of hydrogen-bond acceptors (Lipinski definition) is 11. The van der Waals surface area contributed by atoms with Crippen molar-refractivity contribution in [2.75, 3.05) is 0 Å². The van der Waals surface area contributed by atoms with Crippen LogP contribution in [0.25, 0.3) is 0 Å². The van der Waals surface area contributed by atoms with Gasteiger partial charge in [0.15, 0.2) is 0 Å². The molecule has 25 heavy (non-hydrogen) atoms. The summed E-state index contributed by atoms with van der Waals surface area (Å²) in [6.45, 7) is 52.2. The van der Waals surface area contributed by atoms with Gasteiger partial charge < -0.3 is 130 Å². The van der Waals surface area contributed by atoms with Crippen LogP contribution in [0.4, 0.5) is 0 Å². The summed E-state index contributed by atoms with van der Waals surface area (Å²) in [5, 5.41) is 68.8. The topological polar surface area (TPSA) is 262 Å². The van der Waals surface area contributed by atoms with Crippen LogP contribution in [0.5, 0.6) is 0 Å². The third-order valence-electron chi connectivity index (χ3n) is 0. The summed E-state index contributed by atoms with van der Waals surface area (Å²) in [7, 11) is 0. The molecule has 0 heterocycles. The predicted octanol–water partition coefficient (Wildman–Crippen LogP) is 1.05. The van der Waals surface area contributed by atoms with Crippen molar-refractivity contribution in [1.82, 2.24) is 0 Å². The molecule has 0 aliphatic rings. The normalized spacial score (nSPS) is 0.880. The molecule has 0 saturated carbocycles. The van der Waals surface area contributed by atoms with Crippen molar-refractivity contribution in [1.29, 1.82) is 57.9 Å². The molecule has 0 saturated heterocycles. The van der Waals surface area contributed by atoms with E-state index in [0.29, 0.717) is 0 Å². The standard InChI is InChI=1S/11CN.Cr.Mo.Ni/c11*1-2;;;/q11*-1;+3;;+2. The van der Waals surface area contributed by atoms with E-state index in [2.05, 4.69) is 0 Å². The van der Waals surface area contributed by atoms with Gasteiger partial charge in [0, 0.05) is 21.1 Å². The van der Waals surface area contributed by atoms with E-state index in [9.17, 15) is 0 Å². The zero-order valence-corrected chi connectivity index (χ0v) is 15.8. The molecule has 0 aromatic heterocycles. The fraction of sp³-hybridized carbons (Fsp3) is 0. The Morgan fingerprint density at radius 2 is 0.240 bits per heavy atom. The Bertz CT molecular complexity index is 206. The first-order valence-electron chi connectivity index (χ1n) is 2.46. The van der Waals surface area contributed by atoms with Crippen LogP contribution >= 0.6 is 0 Å². The fourth-order valence-electron chi connectivity index (χ4n) is 0. The van der Waals surface area contributed by atoms with Crippen molar-refractivity contribution in [3.63, 3.8) is 0 Å². The van der Waals surface area contributed by atoms with Crippen LogP contribution in [0, 0.1) is 130 Å². The van der Waals surface area contributed by atoms with Crippen LogP contribution in [0.3, 0.4) is 0 Å². The Labute approximate surface area is 184 Å². The molecular formula is C11CrMoN11Ni-6. The third-order valence-corrected chi connectivity index (χ3v) is 0. The Kier molecular flexibility index (Phi) is 3270. The first-order chi connectivity index (χ1) is 11.0. The fourth-order valence-corrected chi connectivity index (χ4v) is 0. The van der Waals surface area contributed by atoms with Gasteiger partial charge >= 0.3 is 33.9 Å². The summed E-state index contributed by atoms with van der Waals surface area (Å²) in [5.41, 5.74) is 0. The molecule has 0 N–H and O–H groups in total. The predicted molar refractivity (Wildman–Crippen MR) is 54.6 cm³/mol. The van der Waals surface area contributed by atoms with Crippen LogP contribution in [-0.2, 0) is 54.9 Å². The molecule has 0 aliphatic heterocycles. The van der Waals surface area contributed by atoms with Crippen molar-refractivity contribution >= 4 is 0 Å². The maximum absolute atomic E-state index is 6.25. The summed E-state index contributed by atoms with van der Waals surface area (Å²) in [6, 6.07) is 0. The van der Waals surface area contributed by atoms with Gasteiger partial charge in [0.25, 0.3) is 0 Å². The molecule has 0 rings (SSSR count). The largest absolute Gasteiger partial charge is 3.00 e. The Balaban J connectivity index is -0.00000000438. The van der Waals surface area contributed by atoms with Crippen molar-refractivity contribution in [2.45, 2.75) is 0 Å². The average molecular weight is 493 g/mol. The molecule has 0 unspecified atom stereocenters. The Morgan fingerprint density at radius 3 is 0.240 bits per heavy atom. The van der Waals surface area contributed by atoms with E-state index < -0.39 is 0 Å². The molecule has 0 fully saturated rings. The van der Waals surface area contributed by atoms with Crippen molar-refractivity contribution < 1.29 is 54.9 Å². The first kappa shape index (κ1) is 169. The molecule has 0 amide bonds. The number of hydrogen-bond donors (Lipinski definition) is 0. The molecule has 14 heteroatoms. The molecule has 0 atom stereocenters. The average Bonchev–Trinajstić information content (AvgIpc) is 2.78. The van der Waals surface area contributed by atoms with E-state index in [1.54, 1.807) is 0 Å². The van der Waals surface area contributed by atoms with E-state index in [0.717, 1.165) is 0 Å². The zero-order chi connectivity index (χ0) is 22.0. The third kappa shape index (κ3) is 434. The van der Waals surface area contributed by atoms with Gasteiger partial charge in [-0.25, -0.2) is 0 Å². The van der Waals surface area contributed by atoms with Crippen LogP contribution in [-0.4, -0.2) is 0 Å². The second-order valence-corrected chi connectivity index (χ2v) is 0. The van der Waals surface area contributed by atoms with E-state index in [4.69, 9.17) is 130 Å². The van der Waals surface area contributed by atoms with Gasteiger partial charge in [0.2, 0.25) is 0 Å².